The zero-order valence-electron chi connectivity index (χ0n) is 16.7. The third-order valence-corrected chi connectivity index (χ3v) is 6.72. The number of hydrogen-bond acceptors (Lipinski definition) is 11. The fourth-order valence-electron chi connectivity index (χ4n) is 4.44. The van der Waals surface area contributed by atoms with Crippen LogP contribution < -0.4 is 4.90 Å². The number of halogens is 2. The van der Waals surface area contributed by atoms with Crippen molar-refractivity contribution in [3.63, 3.8) is 0 Å². The van der Waals surface area contributed by atoms with E-state index in [0.29, 0.717) is 17.2 Å². The third kappa shape index (κ3) is 3.94. The molecular weight excluding hydrogens is 455 g/mol. The summed E-state index contributed by atoms with van der Waals surface area (Å²) < 4.78 is 39.6. The van der Waals surface area contributed by atoms with Gasteiger partial charge in [0.05, 0.1) is 0 Å². The number of anilines is 1. The Kier molecular flexibility index (Phi) is 5.34. The first-order valence-corrected chi connectivity index (χ1v) is 12.2. The molecule has 1 unspecified atom stereocenters. The van der Waals surface area contributed by atoms with Gasteiger partial charge in [0.15, 0.2) is 0 Å². The zero-order valence-corrected chi connectivity index (χ0v) is 17.7. The summed E-state index contributed by atoms with van der Waals surface area (Å²) in [7, 11) is -4.43. The molecule has 0 bridgehead atoms. The van der Waals surface area contributed by atoms with Gasteiger partial charge in [-0.3, -0.25) is 0 Å². The van der Waals surface area contributed by atoms with Crippen molar-refractivity contribution in [2.75, 3.05) is 24.3 Å². The van der Waals surface area contributed by atoms with E-state index in [2.05, 4.69) is 15.1 Å². The first-order chi connectivity index (χ1) is 15.1. The van der Waals surface area contributed by atoms with E-state index >= 15 is 0 Å². The molecule has 2 aliphatic heterocycles. The van der Waals surface area contributed by atoms with Crippen LogP contribution in [0, 0.1) is 5.92 Å². The van der Waals surface area contributed by atoms with Gasteiger partial charge in [0.1, 0.15) is 0 Å². The minimum absolute atomic E-state index is 0.108. The Balaban J connectivity index is 1.37. The molecule has 0 radical (unpaired) electrons. The molecule has 0 aromatic carbocycles. The van der Waals surface area contributed by atoms with Gasteiger partial charge in [-0.25, -0.2) is 8.78 Å². The Morgan fingerprint density at radius 3 is 2.56 bits per heavy atom. The number of aliphatic hydroxyl groups excluding tert-OH is 2. The van der Waals surface area contributed by atoms with Gasteiger partial charge >= 0.3 is 152 Å². The van der Waals surface area contributed by atoms with Gasteiger partial charge in [-0.2, -0.15) is 0 Å². The van der Waals surface area contributed by atoms with Crippen LogP contribution in [0.25, 0.3) is 5.65 Å². The Morgan fingerprint density at radius 2 is 1.88 bits per heavy atom. The van der Waals surface area contributed by atoms with Crippen LogP contribution in [0.3, 0.4) is 0 Å². The normalized spacial score (nSPS) is 35.0. The van der Waals surface area contributed by atoms with Gasteiger partial charge in [-0.15, -0.1) is 0 Å². The van der Waals surface area contributed by atoms with Crippen LogP contribution in [0.5, 0.6) is 0 Å². The van der Waals surface area contributed by atoms with Crippen LogP contribution in [0.4, 0.5) is 14.6 Å². The van der Waals surface area contributed by atoms with Crippen molar-refractivity contribution in [1.82, 2.24) is 19.6 Å². The van der Waals surface area contributed by atoms with Crippen LogP contribution in [0.1, 0.15) is 24.6 Å². The summed E-state index contributed by atoms with van der Waals surface area (Å²) in [6.07, 6.45) is -3.55. The van der Waals surface area contributed by atoms with Crippen LogP contribution >= 0.6 is 7.94 Å². The molecule has 6 atom stereocenters. The van der Waals surface area contributed by atoms with Gasteiger partial charge in [0, 0.05) is 12.8 Å². The molecule has 5 rings (SSSR count). The molecule has 3 fully saturated rings. The maximum atomic E-state index is 13.5. The predicted molar refractivity (Wildman–Crippen MR) is 105 cm³/mol. The number of aromatic nitrogens is 4. The van der Waals surface area contributed by atoms with Gasteiger partial charge in [-0.1, -0.05) is 0 Å². The molecular formula is C17H24F2N5O7P. The Labute approximate surface area is 180 Å². The Bertz CT molecular complexity index is 997. The molecule has 0 amide bonds. The van der Waals surface area contributed by atoms with Crippen LogP contribution in [0.15, 0.2) is 12.5 Å². The molecule has 0 spiro atoms. The summed E-state index contributed by atoms with van der Waals surface area (Å²) in [6.45, 7) is 0.217. The molecule has 3 aliphatic rings. The fourth-order valence-corrected chi connectivity index (χ4v) is 4.85. The third-order valence-electron chi connectivity index (χ3n) is 6.17. The second kappa shape index (κ2) is 7.71. The molecule has 5 N–H and O–H groups in total. The van der Waals surface area contributed by atoms with E-state index in [9.17, 15) is 19.0 Å². The zero-order chi connectivity index (χ0) is 22.8. The van der Waals surface area contributed by atoms with Crippen molar-refractivity contribution < 1.29 is 43.1 Å². The Morgan fingerprint density at radius 1 is 1.16 bits per heavy atom. The summed E-state index contributed by atoms with van der Waals surface area (Å²) in [5.74, 6) is -2.91. The molecule has 1 aliphatic carbocycles. The number of aliphatic hydroxyl groups is 2. The number of ether oxygens (including phenoxy) is 2. The van der Waals surface area contributed by atoms with Crippen LogP contribution in [-0.4, -0.2) is 94.3 Å². The molecule has 2 aromatic heterocycles. The van der Waals surface area contributed by atoms with E-state index in [1.807, 2.05) is 0 Å². The van der Waals surface area contributed by atoms with Crippen molar-refractivity contribution in [3.05, 3.63) is 18.2 Å². The van der Waals surface area contributed by atoms with Crippen molar-refractivity contribution in [2.45, 2.75) is 49.3 Å². The number of imidazole rings is 1. The first-order valence-electron chi connectivity index (χ1n) is 10.2. The number of hydrogen-bond donors (Lipinski definition) is 5. The number of piperidine rings is 1. The summed E-state index contributed by atoms with van der Waals surface area (Å²) in [5, 5.41) is 25.3. The van der Waals surface area contributed by atoms with E-state index in [-0.39, 0.29) is 25.9 Å². The average Bonchev–Trinajstić information content (AvgIpc) is 3.26. The fraction of sp³-hybridized carbons (Fsp3) is 0.706. The Hall–Kier alpha value is -1.64. The standard InChI is InChI=1S/C17H24F2N5O7P/c18-17(19)1-3-23(4-2-17)15-16-20-5-8(24(16)22-6-21-15)12-11(26)10(25)9-13(14(9)31-12)30-7-32(27,28)29/h5-6,9-14,25-29,32H,1-4,7H2/t9-,10-,11-,12+,13?,14+/m1/s1. The number of fused-ring (bicyclic) bond motifs is 2. The molecule has 178 valence electrons. The molecule has 2 aromatic rings. The van der Waals surface area contributed by atoms with Gasteiger partial charge in [0.2, 0.25) is 0 Å². The molecule has 12 nitrogen and oxygen atoms in total. The van der Waals surface area contributed by atoms with Crippen molar-refractivity contribution in [3.8, 4) is 0 Å². The van der Waals surface area contributed by atoms with Crippen molar-refractivity contribution >= 4 is 19.4 Å². The van der Waals surface area contributed by atoms with E-state index < -0.39 is 56.7 Å². The SMILES string of the molecule is O[C@@H]1[C@H](O)[C@@H]2C(OC[PH](O)(O)O)[C@H]2O[C@H]1c1cnc2c(N3CCC(F)(F)CC3)ncnn12. The monoisotopic (exact) mass is 479 g/mol. The van der Waals surface area contributed by atoms with Crippen molar-refractivity contribution in [2.24, 2.45) is 5.92 Å². The summed E-state index contributed by atoms with van der Waals surface area (Å²) in [6, 6.07) is 0. The molecule has 2 saturated heterocycles. The second-order valence-electron chi connectivity index (χ2n) is 8.47. The average molecular weight is 479 g/mol. The van der Waals surface area contributed by atoms with Crippen LogP contribution in [-0.2, 0) is 9.47 Å². The molecule has 15 heteroatoms. The van der Waals surface area contributed by atoms with Gasteiger partial charge in [-0.05, 0) is 0 Å². The van der Waals surface area contributed by atoms with Crippen LogP contribution in [0.2, 0.25) is 0 Å². The summed E-state index contributed by atoms with van der Waals surface area (Å²) in [5.41, 5.74) is 0.636. The topological polar surface area (TPSA) is 166 Å². The summed E-state index contributed by atoms with van der Waals surface area (Å²) in [4.78, 5) is 37.6. The first kappa shape index (κ1) is 22.2. The summed E-state index contributed by atoms with van der Waals surface area (Å²) >= 11 is 0. The van der Waals surface area contributed by atoms with Gasteiger partial charge in [0.25, 0.3) is 5.92 Å². The van der Waals surface area contributed by atoms with Gasteiger partial charge < -0.3 is 0 Å². The molecule has 4 heterocycles. The molecule has 32 heavy (non-hydrogen) atoms. The van der Waals surface area contributed by atoms with E-state index in [0.717, 1.165) is 0 Å². The number of nitrogens with zero attached hydrogens (tertiary/aromatic N) is 5. The number of alkyl halides is 2. The van der Waals surface area contributed by atoms with E-state index in [4.69, 9.17) is 24.2 Å². The molecule has 1 saturated carbocycles. The van der Waals surface area contributed by atoms with Crippen molar-refractivity contribution in [1.29, 1.82) is 0 Å². The minimum atomic E-state index is -4.43. The quantitative estimate of drug-likeness (QED) is 0.333. The van der Waals surface area contributed by atoms with E-state index in [1.54, 1.807) is 4.90 Å². The maximum absolute atomic E-state index is 13.5. The second-order valence-corrected chi connectivity index (χ2v) is 10.3. The number of rotatable bonds is 5. The van der Waals surface area contributed by atoms with E-state index in [1.165, 1.54) is 17.0 Å². The predicted octanol–water partition coefficient (Wildman–Crippen LogP) is -1.03.